The van der Waals surface area contributed by atoms with Gasteiger partial charge in [0.1, 0.15) is 22.8 Å². The topological polar surface area (TPSA) is 93.1 Å². The summed E-state index contributed by atoms with van der Waals surface area (Å²) in [7, 11) is 0. The van der Waals surface area contributed by atoms with Crippen molar-refractivity contribution in [2.45, 2.75) is 89.8 Å². The molecule has 1 atom stereocenters. The molecule has 10 heteroatoms. The molecule has 1 unspecified atom stereocenters. The third-order valence-electron chi connectivity index (χ3n) is 6.03. The summed E-state index contributed by atoms with van der Waals surface area (Å²) in [6.45, 7) is 2.18. The summed E-state index contributed by atoms with van der Waals surface area (Å²) in [4.78, 5) is 23.5. The fraction of sp³-hybridized carbons (Fsp3) is 0.500. The highest BCUT2D eigenvalue weighted by Crippen LogP contribution is 2.37. The summed E-state index contributed by atoms with van der Waals surface area (Å²) in [6.07, 6.45) is 5.38. The highest BCUT2D eigenvalue weighted by Gasteiger charge is 2.31. The van der Waals surface area contributed by atoms with E-state index < -0.39 is 29.8 Å². The highest BCUT2D eigenvalue weighted by atomic mass is 35.5. The zero-order chi connectivity index (χ0) is 28.1. The third-order valence-corrected chi connectivity index (χ3v) is 6.33. The van der Waals surface area contributed by atoms with Crippen LogP contribution < -0.4 is 9.47 Å². The van der Waals surface area contributed by atoms with E-state index in [1.54, 1.807) is 0 Å². The van der Waals surface area contributed by atoms with E-state index in [1.807, 2.05) is 0 Å². The minimum Gasteiger partial charge on any atom is -0.479 e. The Bertz CT molecular complexity index is 1060. The molecular weight excluding hydrogens is 525 g/mol. The molecular formula is C28H34ClF3O6. The van der Waals surface area contributed by atoms with E-state index in [-0.39, 0.29) is 34.3 Å². The molecule has 0 amide bonds. The average Bonchev–Trinajstić information content (AvgIpc) is 2.85. The summed E-state index contributed by atoms with van der Waals surface area (Å²) in [5.41, 5.74) is -1.30. The number of hydrogen-bond donors (Lipinski definition) is 2. The second-order valence-corrected chi connectivity index (χ2v) is 9.53. The van der Waals surface area contributed by atoms with Gasteiger partial charge >= 0.3 is 18.1 Å². The Balaban J connectivity index is 1.96. The number of ether oxygens (including phenoxy) is 2. The van der Waals surface area contributed by atoms with E-state index in [1.165, 1.54) is 44.2 Å². The Morgan fingerprint density at radius 3 is 1.97 bits per heavy atom. The van der Waals surface area contributed by atoms with Crippen molar-refractivity contribution in [1.29, 1.82) is 0 Å². The van der Waals surface area contributed by atoms with Crippen LogP contribution in [0, 0.1) is 0 Å². The van der Waals surface area contributed by atoms with Crippen LogP contribution in [0.25, 0.3) is 0 Å². The van der Waals surface area contributed by atoms with Gasteiger partial charge in [-0.15, -0.1) is 0 Å². The number of carboxylic acid groups (broad SMARTS) is 2. The zero-order valence-corrected chi connectivity index (χ0v) is 22.1. The van der Waals surface area contributed by atoms with Gasteiger partial charge in [-0.05, 0) is 49.2 Å². The fourth-order valence-electron chi connectivity index (χ4n) is 3.93. The number of carbonyl (C=O) groups is 2. The van der Waals surface area contributed by atoms with Gasteiger partial charge in [0.05, 0.1) is 10.6 Å². The molecule has 0 fully saturated rings. The lowest BCUT2D eigenvalue weighted by atomic mass is 10.0. The second kappa shape index (κ2) is 15.5. The van der Waals surface area contributed by atoms with Gasteiger partial charge in [0, 0.05) is 0 Å². The Morgan fingerprint density at radius 2 is 1.45 bits per heavy atom. The fourth-order valence-corrected chi connectivity index (χ4v) is 4.15. The summed E-state index contributed by atoms with van der Waals surface area (Å²) >= 11 is 5.91. The minimum absolute atomic E-state index is 0.0158. The predicted molar refractivity (Wildman–Crippen MR) is 138 cm³/mol. The molecule has 0 aliphatic carbocycles. The number of alkyl halides is 3. The molecule has 0 aliphatic rings. The normalized spacial score (nSPS) is 12.2. The van der Waals surface area contributed by atoms with Crippen molar-refractivity contribution in [2.75, 3.05) is 0 Å². The first-order chi connectivity index (χ1) is 18.0. The number of halogens is 4. The van der Waals surface area contributed by atoms with Crippen molar-refractivity contribution in [1.82, 2.24) is 0 Å². The van der Waals surface area contributed by atoms with Gasteiger partial charge in [0.15, 0.2) is 6.10 Å². The monoisotopic (exact) mass is 558 g/mol. The van der Waals surface area contributed by atoms with Crippen LogP contribution in [-0.4, -0.2) is 28.3 Å². The maximum Gasteiger partial charge on any atom is 0.416 e. The van der Waals surface area contributed by atoms with E-state index in [4.69, 9.17) is 21.1 Å². The standard InChI is InChI=1S/C28H34ClF3O6/c1-2-3-4-5-6-7-8-9-10-11-12-25(27(35)36)38-23-16-14-20(18-21(23)26(33)34)37-24-15-13-19(17-22(24)29)28(30,31)32/h13-18,25H,2-12H2,1H3,(H,33,34)(H,35,36). The second-order valence-electron chi connectivity index (χ2n) is 9.12. The first-order valence-corrected chi connectivity index (χ1v) is 13.2. The lowest BCUT2D eigenvalue weighted by Gasteiger charge is -2.17. The molecule has 6 nitrogen and oxygen atoms in total. The van der Waals surface area contributed by atoms with Crippen LogP contribution >= 0.6 is 11.6 Å². The van der Waals surface area contributed by atoms with Gasteiger partial charge in [0.25, 0.3) is 0 Å². The maximum atomic E-state index is 12.8. The van der Waals surface area contributed by atoms with Gasteiger partial charge in [-0.1, -0.05) is 76.3 Å². The van der Waals surface area contributed by atoms with Gasteiger partial charge in [-0.25, -0.2) is 9.59 Å². The highest BCUT2D eigenvalue weighted by molar-refractivity contribution is 6.32. The molecule has 2 N–H and O–H groups in total. The first-order valence-electron chi connectivity index (χ1n) is 12.8. The Morgan fingerprint density at radius 1 is 0.868 bits per heavy atom. The molecule has 0 saturated carbocycles. The van der Waals surface area contributed by atoms with E-state index in [2.05, 4.69) is 6.92 Å². The van der Waals surface area contributed by atoms with Crippen LogP contribution in [0.1, 0.15) is 93.5 Å². The Labute approximate surface area is 225 Å². The van der Waals surface area contributed by atoms with Crippen LogP contribution in [0.3, 0.4) is 0 Å². The molecule has 0 spiro atoms. The van der Waals surface area contributed by atoms with Crippen LogP contribution in [0.4, 0.5) is 13.2 Å². The number of benzene rings is 2. The number of carboxylic acids is 2. The molecule has 38 heavy (non-hydrogen) atoms. The van der Waals surface area contributed by atoms with E-state index >= 15 is 0 Å². The molecule has 0 aliphatic heterocycles. The van der Waals surface area contributed by atoms with Crippen molar-refractivity contribution in [3.63, 3.8) is 0 Å². The number of hydrogen-bond acceptors (Lipinski definition) is 4. The van der Waals surface area contributed by atoms with Gasteiger partial charge < -0.3 is 19.7 Å². The molecule has 0 saturated heterocycles. The molecule has 0 aromatic heterocycles. The lowest BCUT2D eigenvalue weighted by molar-refractivity contribution is -0.145. The molecule has 2 rings (SSSR count). The van der Waals surface area contributed by atoms with Crippen LogP contribution in [0.2, 0.25) is 5.02 Å². The van der Waals surface area contributed by atoms with Crippen molar-refractivity contribution in [3.05, 3.63) is 52.5 Å². The molecule has 0 radical (unpaired) electrons. The van der Waals surface area contributed by atoms with E-state index in [9.17, 15) is 33.0 Å². The SMILES string of the molecule is CCCCCCCCCCCCC(Oc1ccc(Oc2ccc(C(F)(F)F)cc2Cl)cc1C(=O)O)C(=O)O. The molecule has 0 heterocycles. The van der Waals surface area contributed by atoms with Gasteiger partial charge in [-0.3, -0.25) is 0 Å². The van der Waals surface area contributed by atoms with E-state index in [0.717, 1.165) is 43.9 Å². The third kappa shape index (κ3) is 10.4. The Hall–Kier alpha value is -2.94. The maximum absolute atomic E-state index is 12.8. The first kappa shape index (κ1) is 31.3. The van der Waals surface area contributed by atoms with Crippen molar-refractivity contribution >= 4 is 23.5 Å². The summed E-state index contributed by atoms with van der Waals surface area (Å²) in [5.74, 6) is -2.85. The molecule has 2 aromatic carbocycles. The van der Waals surface area contributed by atoms with Crippen molar-refractivity contribution in [3.8, 4) is 17.2 Å². The van der Waals surface area contributed by atoms with Crippen LogP contribution in [0.15, 0.2) is 36.4 Å². The largest absolute Gasteiger partial charge is 0.479 e. The molecule has 0 bridgehead atoms. The summed E-state index contributed by atoms with van der Waals surface area (Å²) < 4.78 is 49.6. The average molecular weight is 559 g/mol. The van der Waals surface area contributed by atoms with Crippen LogP contribution in [0.5, 0.6) is 17.2 Å². The van der Waals surface area contributed by atoms with E-state index in [0.29, 0.717) is 12.5 Å². The summed E-state index contributed by atoms with van der Waals surface area (Å²) in [5, 5.41) is 18.9. The van der Waals surface area contributed by atoms with Crippen LogP contribution in [-0.2, 0) is 11.0 Å². The van der Waals surface area contributed by atoms with Crippen molar-refractivity contribution in [2.24, 2.45) is 0 Å². The number of unbranched alkanes of at least 4 members (excludes halogenated alkanes) is 9. The summed E-state index contributed by atoms with van der Waals surface area (Å²) in [6, 6.07) is 6.22. The number of aromatic carboxylic acids is 1. The Kier molecular flexibility index (Phi) is 12.7. The number of rotatable bonds is 17. The van der Waals surface area contributed by atoms with Gasteiger partial charge in [0.2, 0.25) is 0 Å². The molecule has 2 aromatic rings. The van der Waals surface area contributed by atoms with Gasteiger partial charge in [-0.2, -0.15) is 13.2 Å². The molecule has 210 valence electrons. The zero-order valence-electron chi connectivity index (χ0n) is 21.4. The minimum atomic E-state index is -4.58. The quantitative estimate of drug-likeness (QED) is 0.188. The van der Waals surface area contributed by atoms with Crippen molar-refractivity contribution < 1.29 is 42.4 Å². The predicted octanol–water partition coefficient (Wildman–Crippen LogP) is 8.99. The smallest absolute Gasteiger partial charge is 0.416 e. The number of aliphatic carboxylic acids is 1. The lowest BCUT2D eigenvalue weighted by Crippen LogP contribution is -2.27.